The molecule has 0 spiro atoms. The van der Waals surface area contributed by atoms with E-state index in [1.165, 1.54) is 18.4 Å². The Bertz CT molecular complexity index is 464. The molecule has 0 aliphatic heterocycles. The third-order valence-electron chi connectivity index (χ3n) is 2.37. The first-order chi connectivity index (χ1) is 8.54. The molecule has 6 heteroatoms. The number of hydrogen-bond donors (Lipinski definition) is 1. The van der Waals surface area contributed by atoms with Crippen molar-refractivity contribution in [2.45, 2.75) is 46.6 Å². The molecule has 0 saturated carbocycles. The highest BCUT2D eigenvalue weighted by atomic mass is 35.5. The van der Waals surface area contributed by atoms with E-state index in [0.29, 0.717) is 10.0 Å². The summed E-state index contributed by atoms with van der Waals surface area (Å²) in [4.78, 5) is 16.0. The second kappa shape index (κ2) is 5.67. The van der Waals surface area contributed by atoms with Crippen LogP contribution in [-0.4, -0.2) is 23.6 Å². The van der Waals surface area contributed by atoms with Crippen LogP contribution in [0.2, 0.25) is 5.15 Å². The molecule has 1 rings (SSSR count). The predicted octanol–water partition coefficient (Wildman–Crippen LogP) is 4.21. The average molecular weight is 305 g/mol. The Balaban J connectivity index is 2.86. The lowest BCUT2D eigenvalue weighted by atomic mass is 9.82. The fourth-order valence-corrected chi connectivity index (χ4v) is 3.51. The van der Waals surface area contributed by atoms with Crippen LogP contribution in [0, 0.1) is 5.41 Å². The van der Waals surface area contributed by atoms with Crippen LogP contribution in [0.1, 0.15) is 50.7 Å². The molecule has 0 aliphatic rings. The summed E-state index contributed by atoms with van der Waals surface area (Å²) in [5, 5.41) is 4.15. The highest BCUT2D eigenvalue weighted by Gasteiger charge is 2.27. The molecule has 19 heavy (non-hydrogen) atoms. The molecule has 1 aromatic rings. The topological polar surface area (TPSA) is 51.2 Å². The maximum absolute atomic E-state index is 11.5. The van der Waals surface area contributed by atoms with Gasteiger partial charge in [-0.05, 0) is 25.7 Å². The molecule has 0 amide bonds. The first-order valence-electron chi connectivity index (χ1n) is 6.07. The lowest BCUT2D eigenvalue weighted by molar-refractivity contribution is 0.0606. The minimum Gasteiger partial charge on any atom is -0.465 e. The van der Waals surface area contributed by atoms with E-state index >= 15 is 0 Å². The van der Waals surface area contributed by atoms with Crippen LogP contribution in [0.15, 0.2) is 0 Å². The molecule has 4 nitrogen and oxygen atoms in total. The fourth-order valence-electron chi connectivity index (χ4n) is 2.23. The van der Waals surface area contributed by atoms with Gasteiger partial charge in [-0.25, -0.2) is 9.78 Å². The van der Waals surface area contributed by atoms with Gasteiger partial charge in [-0.15, -0.1) is 0 Å². The largest absolute Gasteiger partial charge is 0.465 e. The van der Waals surface area contributed by atoms with Crippen LogP contribution in [0.4, 0.5) is 5.13 Å². The van der Waals surface area contributed by atoms with Gasteiger partial charge in [0.2, 0.25) is 0 Å². The zero-order valence-electron chi connectivity index (χ0n) is 12.3. The summed E-state index contributed by atoms with van der Waals surface area (Å²) in [6.45, 7) is 10.8. The SMILES string of the molecule is COC(=O)c1sc(NC(C)(C)CC(C)(C)C)nc1Cl. The number of esters is 1. The number of hydrogen-bond acceptors (Lipinski definition) is 5. The van der Waals surface area contributed by atoms with Gasteiger partial charge in [0.25, 0.3) is 0 Å². The van der Waals surface area contributed by atoms with Crippen LogP contribution in [0.5, 0.6) is 0 Å². The summed E-state index contributed by atoms with van der Waals surface area (Å²) in [7, 11) is 1.33. The Morgan fingerprint density at radius 2 is 1.95 bits per heavy atom. The van der Waals surface area contributed by atoms with Crippen molar-refractivity contribution in [2.24, 2.45) is 5.41 Å². The summed E-state index contributed by atoms with van der Waals surface area (Å²) in [6.07, 6.45) is 0.963. The second-order valence-electron chi connectivity index (χ2n) is 6.38. The lowest BCUT2D eigenvalue weighted by Crippen LogP contribution is -2.35. The van der Waals surface area contributed by atoms with Gasteiger partial charge in [0.1, 0.15) is 0 Å². The molecule has 0 saturated heterocycles. The normalized spacial score (nSPS) is 12.4. The molecule has 0 atom stereocenters. The van der Waals surface area contributed by atoms with Crippen LogP contribution in [0.3, 0.4) is 0 Å². The number of nitrogens with zero attached hydrogens (tertiary/aromatic N) is 1. The van der Waals surface area contributed by atoms with Gasteiger partial charge in [0, 0.05) is 5.54 Å². The number of halogens is 1. The smallest absolute Gasteiger partial charge is 0.351 e. The van der Waals surface area contributed by atoms with Crippen molar-refractivity contribution in [1.29, 1.82) is 0 Å². The minimum atomic E-state index is -0.454. The van der Waals surface area contributed by atoms with Gasteiger partial charge in [0.05, 0.1) is 7.11 Å². The Morgan fingerprint density at radius 3 is 2.42 bits per heavy atom. The van der Waals surface area contributed by atoms with Gasteiger partial charge in [-0.2, -0.15) is 0 Å². The Hall–Kier alpha value is -0.810. The number of methoxy groups -OCH3 is 1. The zero-order valence-corrected chi connectivity index (χ0v) is 13.8. The zero-order chi connectivity index (χ0) is 14.8. The number of nitrogens with one attached hydrogen (secondary N) is 1. The minimum absolute atomic E-state index is 0.132. The standard InChI is InChI=1S/C13H21ClN2O2S/c1-12(2,3)7-13(4,5)16-11-15-9(14)8(19-11)10(17)18-6/h7H2,1-6H3,(H,15,16). The fraction of sp³-hybridized carbons (Fsp3) is 0.692. The van der Waals surface area contributed by atoms with Crippen molar-refractivity contribution in [3.05, 3.63) is 10.0 Å². The van der Waals surface area contributed by atoms with Gasteiger partial charge in [0.15, 0.2) is 15.2 Å². The van der Waals surface area contributed by atoms with E-state index in [1.54, 1.807) is 0 Å². The van der Waals surface area contributed by atoms with Gasteiger partial charge in [-0.1, -0.05) is 43.7 Å². The molecule has 0 fully saturated rings. The highest BCUT2D eigenvalue weighted by Crippen LogP contribution is 2.33. The molecule has 0 aliphatic carbocycles. The molecule has 108 valence electrons. The Labute approximate surface area is 123 Å². The summed E-state index contributed by atoms with van der Waals surface area (Å²) in [5.41, 5.74) is 0.0650. The Morgan fingerprint density at radius 1 is 1.37 bits per heavy atom. The third kappa shape index (κ3) is 4.99. The van der Waals surface area contributed by atoms with Crippen molar-refractivity contribution in [3.8, 4) is 0 Å². The summed E-state index contributed by atoms with van der Waals surface area (Å²) in [5.74, 6) is -0.454. The third-order valence-corrected chi connectivity index (χ3v) is 3.71. The van der Waals surface area contributed by atoms with Crippen LogP contribution in [0.25, 0.3) is 0 Å². The first-order valence-corrected chi connectivity index (χ1v) is 7.26. The number of thiazole rings is 1. The number of carbonyl (C=O) groups is 1. The highest BCUT2D eigenvalue weighted by molar-refractivity contribution is 7.18. The molecular weight excluding hydrogens is 284 g/mol. The predicted molar refractivity (Wildman–Crippen MR) is 80.2 cm³/mol. The maximum Gasteiger partial charge on any atom is 0.351 e. The summed E-state index contributed by atoms with van der Waals surface area (Å²) in [6, 6.07) is 0. The number of rotatable bonds is 4. The molecular formula is C13H21ClN2O2S. The number of ether oxygens (including phenoxy) is 1. The van der Waals surface area contributed by atoms with E-state index in [9.17, 15) is 4.79 Å². The van der Waals surface area contributed by atoms with Crippen LogP contribution >= 0.6 is 22.9 Å². The van der Waals surface area contributed by atoms with E-state index in [1.807, 2.05) is 0 Å². The summed E-state index contributed by atoms with van der Waals surface area (Å²) < 4.78 is 4.66. The number of aromatic nitrogens is 1. The lowest BCUT2D eigenvalue weighted by Gasteiger charge is -2.33. The molecule has 0 aromatic carbocycles. The molecule has 0 radical (unpaired) electrons. The van der Waals surface area contributed by atoms with Crippen LogP contribution in [-0.2, 0) is 4.74 Å². The van der Waals surface area contributed by atoms with Crippen molar-refractivity contribution < 1.29 is 9.53 Å². The van der Waals surface area contributed by atoms with Gasteiger partial charge >= 0.3 is 5.97 Å². The summed E-state index contributed by atoms with van der Waals surface area (Å²) >= 11 is 7.16. The van der Waals surface area contributed by atoms with E-state index in [0.717, 1.165) is 6.42 Å². The maximum atomic E-state index is 11.5. The molecule has 0 unspecified atom stereocenters. The average Bonchev–Trinajstić information content (AvgIpc) is 2.53. The van der Waals surface area contributed by atoms with E-state index in [2.05, 4.69) is 49.7 Å². The van der Waals surface area contributed by atoms with Crippen LogP contribution < -0.4 is 5.32 Å². The molecule has 1 N–H and O–H groups in total. The van der Waals surface area contributed by atoms with E-state index < -0.39 is 5.97 Å². The monoisotopic (exact) mass is 304 g/mol. The molecule has 0 bridgehead atoms. The van der Waals surface area contributed by atoms with Gasteiger partial charge < -0.3 is 10.1 Å². The molecule has 1 aromatic heterocycles. The van der Waals surface area contributed by atoms with E-state index in [4.69, 9.17) is 11.6 Å². The van der Waals surface area contributed by atoms with E-state index in [-0.39, 0.29) is 16.1 Å². The second-order valence-corrected chi connectivity index (χ2v) is 7.73. The number of anilines is 1. The molecule has 1 heterocycles. The van der Waals surface area contributed by atoms with Crippen molar-refractivity contribution in [2.75, 3.05) is 12.4 Å². The quantitative estimate of drug-likeness (QED) is 0.847. The van der Waals surface area contributed by atoms with Crippen molar-refractivity contribution in [1.82, 2.24) is 4.98 Å². The van der Waals surface area contributed by atoms with Crippen molar-refractivity contribution >= 4 is 34.0 Å². The van der Waals surface area contributed by atoms with Gasteiger partial charge in [-0.3, -0.25) is 0 Å². The Kier molecular flexibility index (Phi) is 4.85. The first kappa shape index (κ1) is 16.2. The van der Waals surface area contributed by atoms with Crippen molar-refractivity contribution in [3.63, 3.8) is 0 Å². The number of carbonyl (C=O) groups excluding carboxylic acids is 1.